The summed E-state index contributed by atoms with van der Waals surface area (Å²) in [6.07, 6.45) is 1.26. The Morgan fingerprint density at radius 2 is 2.11 bits per heavy atom. The summed E-state index contributed by atoms with van der Waals surface area (Å²) in [5, 5.41) is 8.87. The van der Waals surface area contributed by atoms with Crippen molar-refractivity contribution in [3.05, 3.63) is 47.4 Å². The minimum atomic E-state index is -1.04. The van der Waals surface area contributed by atoms with Gasteiger partial charge < -0.3 is 9.84 Å². The fourth-order valence-corrected chi connectivity index (χ4v) is 1.81. The number of halogens is 1. The van der Waals surface area contributed by atoms with Gasteiger partial charge in [-0.25, -0.2) is 9.18 Å². The molecule has 1 aromatic heterocycles. The summed E-state index contributed by atoms with van der Waals surface area (Å²) in [6, 6.07) is 6.01. The fraction of sp³-hybridized carbons (Fsp3) is 0.143. The monoisotopic (exact) mass is 261 g/mol. The molecule has 0 saturated heterocycles. The molecule has 2 aromatic rings. The molecular weight excluding hydrogens is 249 g/mol. The number of methoxy groups -OCH3 is 1. The van der Waals surface area contributed by atoms with Gasteiger partial charge in [-0.2, -0.15) is 0 Å². The highest BCUT2D eigenvalue weighted by molar-refractivity contribution is 5.88. The lowest BCUT2D eigenvalue weighted by Crippen LogP contribution is -2.00. The quantitative estimate of drug-likeness (QED) is 0.922. The van der Waals surface area contributed by atoms with Crippen molar-refractivity contribution < 1.29 is 19.0 Å². The molecule has 1 heterocycles. The van der Waals surface area contributed by atoms with Crippen LogP contribution in [0.4, 0.5) is 4.39 Å². The molecule has 5 heteroatoms. The smallest absolute Gasteiger partial charge is 0.337 e. The number of nitrogens with zero attached hydrogens (tertiary/aromatic N) is 1. The molecule has 0 atom stereocenters. The molecule has 0 radical (unpaired) electrons. The molecule has 0 unspecified atom stereocenters. The van der Waals surface area contributed by atoms with E-state index in [-0.39, 0.29) is 11.3 Å². The molecule has 2 rings (SSSR count). The van der Waals surface area contributed by atoms with Gasteiger partial charge in [-0.05, 0) is 36.8 Å². The van der Waals surface area contributed by atoms with Crippen molar-refractivity contribution in [2.75, 3.05) is 7.11 Å². The van der Waals surface area contributed by atoms with Crippen LogP contribution < -0.4 is 4.74 Å². The van der Waals surface area contributed by atoms with E-state index in [4.69, 9.17) is 9.84 Å². The van der Waals surface area contributed by atoms with Gasteiger partial charge in [-0.3, -0.25) is 4.98 Å². The highest BCUT2D eigenvalue weighted by Crippen LogP contribution is 2.26. The molecule has 1 N–H and O–H groups in total. The minimum absolute atomic E-state index is 0.107. The van der Waals surface area contributed by atoms with Crippen molar-refractivity contribution in [2.24, 2.45) is 0 Å². The highest BCUT2D eigenvalue weighted by Gasteiger charge is 2.11. The SMILES string of the molecule is COc1ccc(-c2ncc(C(=O)O)cc2C)cc1F. The van der Waals surface area contributed by atoms with Crippen LogP contribution in [0.15, 0.2) is 30.5 Å². The number of ether oxygens (including phenoxy) is 1. The van der Waals surface area contributed by atoms with Crippen molar-refractivity contribution in [1.82, 2.24) is 4.98 Å². The standard InChI is InChI=1S/C14H12FNO3/c1-8-5-10(14(17)18)7-16-13(8)9-3-4-12(19-2)11(15)6-9/h3-7H,1-2H3,(H,17,18). The van der Waals surface area contributed by atoms with Gasteiger partial charge in [0.1, 0.15) is 0 Å². The summed E-state index contributed by atoms with van der Waals surface area (Å²) in [6.45, 7) is 1.73. The predicted molar refractivity (Wildman–Crippen MR) is 67.9 cm³/mol. The lowest BCUT2D eigenvalue weighted by atomic mass is 10.0. The van der Waals surface area contributed by atoms with Crippen LogP contribution in [0.5, 0.6) is 5.75 Å². The van der Waals surface area contributed by atoms with E-state index >= 15 is 0 Å². The highest BCUT2D eigenvalue weighted by atomic mass is 19.1. The number of rotatable bonds is 3. The number of benzene rings is 1. The van der Waals surface area contributed by atoms with E-state index in [9.17, 15) is 9.18 Å². The number of carbonyl (C=O) groups is 1. The first kappa shape index (κ1) is 13.0. The van der Waals surface area contributed by atoms with Crippen molar-refractivity contribution in [2.45, 2.75) is 6.92 Å². The molecule has 0 amide bonds. The van der Waals surface area contributed by atoms with Gasteiger partial charge in [-0.15, -0.1) is 0 Å². The third-order valence-electron chi connectivity index (χ3n) is 2.75. The molecule has 98 valence electrons. The Morgan fingerprint density at radius 1 is 1.37 bits per heavy atom. The van der Waals surface area contributed by atoms with E-state index in [1.165, 1.54) is 31.5 Å². The van der Waals surface area contributed by atoms with Gasteiger partial charge in [-0.1, -0.05) is 0 Å². The minimum Gasteiger partial charge on any atom is -0.494 e. The van der Waals surface area contributed by atoms with Gasteiger partial charge in [0.25, 0.3) is 0 Å². The second kappa shape index (κ2) is 5.06. The zero-order valence-corrected chi connectivity index (χ0v) is 10.5. The molecule has 4 nitrogen and oxygen atoms in total. The number of carboxylic acid groups (broad SMARTS) is 1. The Labute approximate surface area is 109 Å². The molecule has 0 aliphatic rings. The van der Waals surface area contributed by atoms with Crippen LogP contribution in [0.1, 0.15) is 15.9 Å². The zero-order valence-electron chi connectivity index (χ0n) is 10.5. The molecule has 1 aromatic carbocycles. The fourth-order valence-electron chi connectivity index (χ4n) is 1.81. The third-order valence-corrected chi connectivity index (χ3v) is 2.75. The maximum absolute atomic E-state index is 13.6. The van der Waals surface area contributed by atoms with Crippen molar-refractivity contribution in [3.8, 4) is 17.0 Å². The number of hydrogen-bond acceptors (Lipinski definition) is 3. The molecule has 0 aliphatic carbocycles. The molecule has 0 bridgehead atoms. The summed E-state index contributed by atoms with van der Waals surface area (Å²) in [4.78, 5) is 14.9. The number of carboxylic acids is 1. The predicted octanol–water partition coefficient (Wildman–Crippen LogP) is 2.90. The van der Waals surface area contributed by atoms with Crippen LogP contribution in [-0.4, -0.2) is 23.2 Å². The van der Waals surface area contributed by atoms with Crippen LogP contribution >= 0.6 is 0 Å². The van der Waals surface area contributed by atoms with Crippen molar-refractivity contribution >= 4 is 5.97 Å². The van der Waals surface area contributed by atoms with E-state index < -0.39 is 11.8 Å². The van der Waals surface area contributed by atoms with Gasteiger partial charge in [0, 0.05) is 11.8 Å². The van der Waals surface area contributed by atoms with Crippen LogP contribution in [-0.2, 0) is 0 Å². The lowest BCUT2D eigenvalue weighted by molar-refractivity contribution is 0.0696. The maximum Gasteiger partial charge on any atom is 0.337 e. The van der Waals surface area contributed by atoms with Crippen LogP contribution in [0, 0.1) is 12.7 Å². The van der Waals surface area contributed by atoms with Gasteiger partial charge in [0.2, 0.25) is 0 Å². The Hall–Kier alpha value is -2.43. The second-order valence-electron chi connectivity index (χ2n) is 4.04. The van der Waals surface area contributed by atoms with E-state index in [1.54, 1.807) is 13.0 Å². The summed E-state index contributed by atoms with van der Waals surface area (Å²) in [5.41, 5.74) is 1.90. The first-order valence-electron chi connectivity index (χ1n) is 5.56. The average molecular weight is 261 g/mol. The van der Waals surface area contributed by atoms with Gasteiger partial charge in [0.15, 0.2) is 11.6 Å². The van der Waals surface area contributed by atoms with Crippen LogP contribution in [0.25, 0.3) is 11.3 Å². The number of hydrogen-bond donors (Lipinski definition) is 1. The summed E-state index contributed by atoms with van der Waals surface area (Å²) in [7, 11) is 1.39. The first-order chi connectivity index (χ1) is 9.02. The molecule has 0 saturated carbocycles. The van der Waals surface area contributed by atoms with Crippen molar-refractivity contribution in [1.29, 1.82) is 0 Å². The third kappa shape index (κ3) is 2.54. The number of aryl methyl sites for hydroxylation is 1. The lowest BCUT2D eigenvalue weighted by Gasteiger charge is -2.08. The molecule has 0 fully saturated rings. The summed E-state index contributed by atoms with van der Waals surface area (Å²) < 4.78 is 18.5. The van der Waals surface area contributed by atoms with Crippen molar-refractivity contribution in [3.63, 3.8) is 0 Å². The van der Waals surface area contributed by atoms with E-state index in [0.29, 0.717) is 16.8 Å². The number of pyridine rings is 1. The Kier molecular flexibility index (Phi) is 3.46. The average Bonchev–Trinajstić information content (AvgIpc) is 2.38. The Balaban J connectivity index is 2.47. The van der Waals surface area contributed by atoms with Crippen LogP contribution in [0.3, 0.4) is 0 Å². The largest absolute Gasteiger partial charge is 0.494 e. The number of aromatic carboxylic acids is 1. The molecule has 0 spiro atoms. The normalized spacial score (nSPS) is 10.3. The van der Waals surface area contributed by atoms with E-state index in [0.717, 1.165) is 0 Å². The van der Waals surface area contributed by atoms with E-state index in [1.807, 2.05) is 0 Å². The number of aromatic nitrogens is 1. The summed E-state index contributed by atoms with van der Waals surface area (Å²) in [5.74, 6) is -1.37. The second-order valence-corrected chi connectivity index (χ2v) is 4.04. The van der Waals surface area contributed by atoms with E-state index in [2.05, 4.69) is 4.98 Å². The maximum atomic E-state index is 13.6. The Morgan fingerprint density at radius 3 is 2.63 bits per heavy atom. The first-order valence-corrected chi connectivity index (χ1v) is 5.56. The molecule has 0 aliphatic heterocycles. The molecule has 19 heavy (non-hydrogen) atoms. The zero-order chi connectivity index (χ0) is 14.0. The summed E-state index contributed by atoms with van der Waals surface area (Å²) >= 11 is 0. The molecular formula is C14H12FNO3. The topological polar surface area (TPSA) is 59.4 Å². The van der Waals surface area contributed by atoms with Gasteiger partial charge >= 0.3 is 5.97 Å². The van der Waals surface area contributed by atoms with Gasteiger partial charge in [0.05, 0.1) is 18.4 Å². The Bertz CT molecular complexity index is 641. The van der Waals surface area contributed by atoms with Crippen LogP contribution in [0.2, 0.25) is 0 Å².